The molecule has 6 nitrogen and oxygen atoms in total. The summed E-state index contributed by atoms with van der Waals surface area (Å²) in [5.41, 5.74) is 2.36. The topological polar surface area (TPSA) is 59.1 Å². The number of nitrogens with zero attached hydrogens (tertiary/aromatic N) is 2. The van der Waals surface area contributed by atoms with Gasteiger partial charge in [-0.15, -0.1) is 0 Å². The van der Waals surface area contributed by atoms with Crippen molar-refractivity contribution in [1.82, 2.24) is 8.61 Å². The van der Waals surface area contributed by atoms with Gasteiger partial charge < -0.3 is 9.47 Å². The number of hydrogen-bond donors (Lipinski definition) is 0. The average Bonchev–Trinajstić information content (AvgIpc) is 3.03. The van der Waals surface area contributed by atoms with Crippen LogP contribution in [0.2, 0.25) is 0 Å². The molecular weight excluding hydrogens is 316 g/mol. The van der Waals surface area contributed by atoms with Crippen LogP contribution in [0.5, 0.6) is 0 Å². The first kappa shape index (κ1) is 15.5. The SMILES string of the molecule is O=S(=O)(N1CCC2(CC1)OCCO2)N1CCc2ccccc2C1. The second-order valence-electron chi connectivity index (χ2n) is 6.37. The molecule has 0 N–H and O–H groups in total. The highest BCUT2D eigenvalue weighted by Gasteiger charge is 2.43. The Hall–Kier alpha value is -0.990. The molecule has 3 heterocycles. The fourth-order valence-corrected chi connectivity index (χ4v) is 5.27. The monoisotopic (exact) mass is 338 g/mol. The average molecular weight is 338 g/mol. The molecule has 0 unspecified atom stereocenters. The summed E-state index contributed by atoms with van der Waals surface area (Å²) >= 11 is 0. The second kappa shape index (κ2) is 5.82. The molecule has 126 valence electrons. The molecule has 0 bridgehead atoms. The predicted octanol–water partition coefficient (Wildman–Crippen LogP) is 1.13. The van der Waals surface area contributed by atoms with Crippen LogP contribution in [0.4, 0.5) is 0 Å². The van der Waals surface area contributed by atoms with Crippen molar-refractivity contribution in [2.75, 3.05) is 32.8 Å². The van der Waals surface area contributed by atoms with Crippen molar-refractivity contribution in [2.45, 2.75) is 31.6 Å². The van der Waals surface area contributed by atoms with Crippen molar-refractivity contribution in [3.8, 4) is 0 Å². The van der Waals surface area contributed by atoms with Crippen LogP contribution in [0.1, 0.15) is 24.0 Å². The minimum Gasteiger partial charge on any atom is -0.347 e. The molecule has 23 heavy (non-hydrogen) atoms. The van der Waals surface area contributed by atoms with E-state index in [2.05, 4.69) is 6.07 Å². The van der Waals surface area contributed by atoms with Crippen LogP contribution in [0.25, 0.3) is 0 Å². The van der Waals surface area contributed by atoms with E-state index < -0.39 is 16.0 Å². The number of piperidine rings is 1. The number of rotatable bonds is 2. The molecule has 2 saturated heterocycles. The highest BCUT2D eigenvalue weighted by atomic mass is 32.2. The Kier molecular flexibility index (Phi) is 3.93. The minimum absolute atomic E-state index is 0.459. The van der Waals surface area contributed by atoms with E-state index in [1.54, 1.807) is 8.61 Å². The van der Waals surface area contributed by atoms with Gasteiger partial charge in [0.25, 0.3) is 10.2 Å². The van der Waals surface area contributed by atoms with Gasteiger partial charge in [0.05, 0.1) is 13.2 Å². The zero-order valence-electron chi connectivity index (χ0n) is 13.1. The third kappa shape index (κ3) is 2.81. The Labute approximate surface area is 137 Å². The van der Waals surface area contributed by atoms with E-state index in [-0.39, 0.29) is 0 Å². The van der Waals surface area contributed by atoms with E-state index in [1.165, 1.54) is 5.56 Å². The highest BCUT2D eigenvalue weighted by Crippen LogP contribution is 2.33. The molecule has 4 rings (SSSR count). The van der Waals surface area contributed by atoms with Gasteiger partial charge in [-0.25, -0.2) is 0 Å². The summed E-state index contributed by atoms with van der Waals surface area (Å²) in [6, 6.07) is 8.07. The molecule has 7 heteroatoms. The minimum atomic E-state index is -3.42. The van der Waals surface area contributed by atoms with Gasteiger partial charge >= 0.3 is 0 Å². The summed E-state index contributed by atoms with van der Waals surface area (Å²) in [7, 11) is -3.42. The summed E-state index contributed by atoms with van der Waals surface area (Å²) in [6.45, 7) is 3.15. The number of fused-ring (bicyclic) bond motifs is 1. The Morgan fingerprint density at radius 3 is 2.26 bits per heavy atom. The smallest absolute Gasteiger partial charge is 0.282 e. The fourth-order valence-electron chi connectivity index (χ4n) is 3.67. The van der Waals surface area contributed by atoms with E-state index in [9.17, 15) is 8.42 Å². The van der Waals surface area contributed by atoms with Gasteiger partial charge in [-0.1, -0.05) is 24.3 Å². The van der Waals surface area contributed by atoms with Crippen molar-refractivity contribution < 1.29 is 17.9 Å². The van der Waals surface area contributed by atoms with Crippen LogP contribution in [-0.4, -0.2) is 55.7 Å². The van der Waals surface area contributed by atoms with Gasteiger partial charge in [0.2, 0.25) is 0 Å². The molecule has 3 aliphatic heterocycles. The molecule has 1 aromatic rings. The Balaban J connectivity index is 1.47. The number of ether oxygens (including phenoxy) is 2. The maximum atomic E-state index is 12.9. The molecule has 0 radical (unpaired) electrons. The van der Waals surface area contributed by atoms with Crippen molar-refractivity contribution in [3.05, 3.63) is 35.4 Å². The zero-order chi connectivity index (χ0) is 15.9. The summed E-state index contributed by atoms with van der Waals surface area (Å²) in [5, 5.41) is 0. The highest BCUT2D eigenvalue weighted by molar-refractivity contribution is 7.86. The summed E-state index contributed by atoms with van der Waals surface area (Å²) < 4.78 is 40.4. The van der Waals surface area contributed by atoms with Crippen LogP contribution in [-0.2, 0) is 32.6 Å². The van der Waals surface area contributed by atoms with Crippen molar-refractivity contribution in [3.63, 3.8) is 0 Å². The molecule has 0 atom stereocenters. The van der Waals surface area contributed by atoms with Gasteiger partial charge in [-0.05, 0) is 17.5 Å². The van der Waals surface area contributed by atoms with Crippen molar-refractivity contribution in [2.24, 2.45) is 0 Å². The molecule has 0 aromatic heterocycles. The Morgan fingerprint density at radius 1 is 0.913 bits per heavy atom. The van der Waals surface area contributed by atoms with E-state index in [1.807, 2.05) is 18.2 Å². The van der Waals surface area contributed by atoms with E-state index in [0.29, 0.717) is 52.2 Å². The molecule has 0 aliphatic carbocycles. The van der Waals surface area contributed by atoms with Crippen LogP contribution in [0.15, 0.2) is 24.3 Å². The van der Waals surface area contributed by atoms with Gasteiger partial charge in [-0.3, -0.25) is 0 Å². The standard InChI is InChI=1S/C16H22N2O4S/c19-23(20,17-9-6-16(7-10-17)21-11-12-22-16)18-8-5-14-3-1-2-4-15(14)13-18/h1-4H,5-13H2. The van der Waals surface area contributed by atoms with Crippen LogP contribution in [0, 0.1) is 0 Å². The molecule has 2 fully saturated rings. The third-order valence-electron chi connectivity index (χ3n) is 5.05. The molecule has 1 aromatic carbocycles. The number of benzene rings is 1. The number of hydrogen-bond acceptors (Lipinski definition) is 4. The first-order valence-corrected chi connectivity index (χ1v) is 9.59. The maximum Gasteiger partial charge on any atom is 0.282 e. The van der Waals surface area contributed by atoms with E-state index in [4.69, 9.17) is 9.47 Å². The zero-order valence-corrected chi connectivity index (χ0v) is 13.9. The van der Waals surface area contributed by atoms with E-state index >= 15 is 0 Å². The fraction of sp³-hybridized carbons (Fsp3) is 0.625. The summed E-state index contributed by atoms with van der Waals surface area (Å²) in [5.74, 6) is -0.541. The molecule has 0 amide bonds. The molecule has 1 spiro atoms. The lowest BCUT2D eigenvalue weighted by molar-refractivity contribution is -0.179. The lowest BCUT2D eigenvalue weighted by Crippen LogP contribution is -2.52. The Bertz CT molecular complexity index is 675. The van der Waals surface area contributed by atoms with Crippen molar-refractivity contribution >= 4 is 10.2 Å². The maximum absolute atomic E-state index is 12.9. The van der Waals surface area contributed by atoms with Gasteiger partial charge in [0, 0.05) is 39.0 Å². The summed E-state index contributed by atoms with van der Waals surface area (Å²) in [6.07, 6.45) is 1.99. The lowest BCUT2D eigenvalue weighted by atomic mass is 10.0. The van der Waals surface area contributed by atoms with Crippen LogP contribution >= 0.6 is 0 Å². The van der Waals surface area contributed by atoms with E-state index in [0.717, 1.165) is 12.0 Å². The van der Waals surface area contributed by atoms with Gasteiger partial charge in [0.1, 0.15) is 0 Å². The van der Waals surface area contributed by atoms with Gasteiger partial charge in [0.15, 0.2) is 5.79 Å². The predicted molar refractivity (Wildman–Crippen MR) is 84.9 cm³/mol. The summed E-state index contributed by atoms with van der Waals surface area (Å²) in [4.78, 5) is 0. The molecule has 0 saturated carbocycles. The van der Waals surface area contributed by atoms with Gasteiger partial charge in [-0.2, -0.15) is 17.0 Å². The van der Waals surface area contributed by atoms with Crippen molar-refractivity contribution in [1.29, 1.82) is 0 Å². The Morgan fingerprint density at radius 2 is 1.57 bits per heavy atom. The van der Waals surface area contributed by atoms with Crippen LogP contribution < -0.4 is 0 Å². The first-order valence-electron chi connectivity index (χ1n) is 8.19. The lowest BCUT2D eigenvalue weighted by Gasteiger charge is -2.39. The third-order valence-corrected chi connectivity index (χ3v) is 7.03. The largest absolute Gasteiger partial charge is 0.347 e. The normalized spacial score (nSPS) is 25.6. The first-order chi connectivity index (χ1) is 11.1. The second-order valence-corrected chi connectivity index (χ2v) is 8.30. The molecular formula is C16H22N2O4S. The molecule has 3 aliphatic rings. The quantitative estimate of drug-likeness (QED) is 0.811. The van der Waals surface area contributed by atoms with Crippen LogP contribution in [0.3, 0.4) is 0 Å².